The van der Waals surface area contributed by atoms with Gasteiger partial charge in [-0.2, -0.15) is 0 Å². The molecule has 3 aromatic heterocycles. The second-order valence-corrected chi connectivity index (χ2v) is 10.7. The number of carbonyl (C=O) groups is 2. The fraction of sp³-hybridized carbons (Fsp3) is 0.207. The molecule has 0 bridgehead atoms. The third kappa shape index (κ3) is 5.56. The molecule has 220 valence electrons. The van der Waals surface area contributed by atoms with Crippen LogP contribution in [0.2, 0.25) is 0 Å². The van der Waals surface area contributed by atoms with Crippen LogP contribution in [0, 0.1) is 11.6 Å². The number of halogens is 2. The molecule has 0 saturated carbocycles. The second-order valence-electron chi connectivity index (χ2n) is 9.65. The first-order chi connectivity index (χ1) is 20.8. The number of nitrogens with zero attached hydrogens (tertiary/aromatic N) is 5. The van der Waals surface area contributed by atoms with Gasteiger partial charge in [0.25, 0.3) is 5.91 Å². The Morgan fingerprint density at radius 1 is 1.16 bits per heavy atom. The number of para-hydroxylation sites is 1. The molecular formula is C29H25F2N7O4S. The van der Waals surface area contributed by atoms with Crippen LogP contribution in [0.1, 0.15) is 9.67 Å². The number of methoxy groups -OCH3 is 1. The number of hydrogen-bond acceptors (Lipinski definition) is 10. The molecule has 11 nitrogen and oxygen atoms in total. The number of benzene rings is 1. The first kappa shape index (κ1) is 28.0. The zero-order valence-electron chi connectivity index (χ0n) is 22.8. The molecule has 1 saturated heterocycles. The van der Waals surface area contributed by atoms with Gasteiger partial charge in [0.1, 0.15) is 28.8 Å². The van der Waals surface area contributed by atoms with Crippen molar-refractivity contribution in [2.24, 2.45) is 0 Å². The largest absolute Gasteiger partial charge is 0.493 e. The second kappa shape index (κ2) is 11.6. The van der Waals surface area contributed by atoms with E-state index in [-0.39, 0.29) is 16.8 Å². The Morgan fingerprint density at radius 2 is 1.98 bits per heavy atom. The highest BCUT2D eigenvalue weighted by molar-refractivity contribution is 7.17. The average molecular weight is 606 g/mol. The summed E-state index contributed by atoms with van der Waals surface area (Å²) in [6, 6.07) is 8.70. The lowest BCUT2D eigenvalue weighted by molar-refractivity contribution is -0.127. The molecule has 0 aliphatic carbocycles. The number of ether oxygens (including phenoxy) is 2. The number of pyridine rings is 2. The van der Waals surface area contributed by atoms with Crippen molar-refractivity contribution in [1.29, 1.82) is 0 Å². The van der Waals surface area contributed by atoms with E-state index >= 15 is 0 Å². The number of thiazole rings is 1. The van der Waals surface area contributed by atoms with Crippen LogP contribution in [0.5, 0.6) is 11.5 Å². The standard InChI is InChI=1S/C29H25F2N7O4S/c1-3-24(39)37-9-10-38-17(14-37)15-42-22-11-16(12-32-27(22)38)20-7-8-21(41-2)26(34-20)36-29-33-13-23(43-29)28(40)35-25-18(30)5-4-6-19(25)31/h3-8,11-13,17H,1,9-10,14-15H2,2H3,(H,35,40)(H,33,34,36)/t17-/m0/s1. The summed E-state index contributed by atoms with van der Waals surface area (Å²) in [6.45, 7) is 5.71. The van der Waals surface area contributed by atoms with Crippen LogP contribution in [0.15, 0.2) is 61.4 Å². The molecule has 6 rings (SSSR count). The molecular weight excluding hydrogens is 580 g/mol. The molecule has 0 spiro atoms. The maximum atomic E-state index is 14.0. The van der Waals surface area contributed by atoms with Crippen LogP contribution in [-0.4, -0.2) is 71.1 Å². The highest BCUT2D eigenvalue weighted by atomic mass is 32.1. The van der Waals surface area contributed by atoms with E-state index in [1.54, 1.807) is 23.2 Å². The molecule has 2 amide bonds. The summed E-state index contributed by atoms with van der Waals surface area (Å²) in [5.74, 6) is -0.484. The first-order valence-electron chi connectivity index (χ1n) is 13.2. The van der Waals surface area contributed by atoms with Gasteiger partial charge in [-0.05, 0) is 36.4 Å². The summed E-state index contributed by atoms with van der Waals surface area (Å²) in [7, 11) is 1.50. The molecule has 1 fully saturated rings. The Hall–Kier alpha value is -5.11. The number of amides is 2. The summed E-state index contributed by atoms with van der Waals surface area (Å²) in [5, 5.41) is 5.62. The summed E-state index contributed by atoms with van der Waals surface area (Å²) < 4.78 is 39.4. The maximum Gasteiger partial charge on any atom is 0.267 e. The Bertz CT molecular complexity index is 1710. The van der Waals surface area contributed by atoms with Crippen molar-refractivity contribution in [3.05, 3.63) is 78.0 Å². The van der Waals surface area contributed by atoms with Crippen molar-refractivity contribution in [1.82, 2.24) is 19.9 Å². The van der Waals surface area contributed by atoms with Gasteiger partial charge < -0.3 is 29.9 Å². The number of nitrogens with one attached hydrogen (secondary N) is 2. The van der Waals surface area contributed by atoms with E-state index in [1.807, 2.05) is 6.07 Å². The van der Waals surface area contributed by atoms with E-state index in [2.05, 4.69) is 32.1 Å². The van der Waals surface area contributed by atoms with Gasteiger partial charge in [-0.15, -0.1) is 0 Å². The highest BCUT2D eigenvalue weighted by Gasteiger charge is 2.35. The minimum absolute atomic E-state index is 0.00516. The van der Waals surface area contributed by atoms with Gasteiger partial charge in [-0.1, -0.05) is 24.0 Å². The number of aromatic nitrogens is 3. The molecule has 14 heteroatoms. The minimum Gasteiger partial charge on any atom is -0.493 e. The molecule has 43 heavy (non-hydrogen) atoms. The Balaban J connectivity index is 1.20. The van der Waals surface area contributed by atoms with Crippen molar-refractivity contribution < 1.29 is 27.8 Å². The number of anilines is 4. The first-order valence-corrected chi connectivity index (χ1v) is 14.0. The van der Waals surface area contributed by atoms with E-state index in [1.165, 1.54) is 25.4 Å². The normalized spacial score (nSPS) is 15.6. The van der Waals surface area contributed by atoms with E-state index in [9.17, 15) is 18.4 Å². The van der Waals surface area contributed by atoms with E-state index in [0.29, 0.717) is 65.8 Å². The smallest absolute Gasteiger partial charge is 0.267 e. The molecule has 2 aliphatic rings. The molecule has 5 heterocycles. The van der Waals surface area contributed by atoms with E-state index < -0.39 is 23.2 Å². The molecule has 2 N–H and O–H groups in total. The monoisotopic (exact) mass is 605 g/mol. The number of piperazine rings is 1. The van der Waals surface area contributed by atoms with Crippen LogP contribution >= 0.6 is 11.3 Å². The Labute approximate surface area is 248 Å². The fourth-order valence-corrected chi connectivity index (χ4v) is 5.59. The highest BCUT2D eigenvalue weighted by Crippen LogP contribution is 2.37. The van der Waals surface area contributed by atoms with E-state index in [4.69, 9.17) is 14.5 Å². The molecule has 1 aromatic carbocycles. The number of hydrogen-bond donors (Lipinski definition) is 2. The van der Waals surface area contributed by atoms with Crippen LogP contribution in [-0.2, 0) is 4.79 Å². The number of carbonyl (C=O) groups excluding carboxylic acids is 2. The van der Waals surface area contributed by atoms with Crippen molar-refractivity contribution in [2.75, 3.05) is 48.9 Å². The summed E-state index contributed by atoms with van der Waals surface area (Å²) in [4.78, 5) is 42.3. The fourth-order valence-electron chi connectivity index (χ4n) is 4.88. The topological polar surface area (TPSA) is 122 Å². The predicted molar refractivity (Wildman–Crippen MR) is 157 cm³/mol. The van der Waals surface area contributed by atoms with Crippen LogP contribution < -0.4 is 25.0 Å². The van der Waals surface area contributed by atoms with Gasteiger partial charge in [0.15, 0.2) is 28.3 Å². The lowest BCUT2D eigenvalue weighted by Gasteiger charge is -2.44. The summed E-state index contributed by atoms with van der Waals surface area (Å²) in [5.41, 5.74) is 0.749. The van der Waals surface area contributed by atoms with Gasteiger partial charge in [0, 0.05) is 31.4 Å². The zero-order valence-corrected chi connectivity index (χ0v) is 23.7. The number of rotatable bonds is 7. The zero-order chi connectivity index (χ0) is 30.1. The van der Waals surface area contributed by atoms with Gasteiger partial charge in [0.05, 0.1) is 25.0 Å². The molecule has 2 aliphatic heterocycles. The Kier molecular flexibility index (Phi) is 7.59. The minimum atomic E-state index is -0.883. The average Bonchev–Trinajstić information content (AvgIpc) is 3.50. The lowest BCUT2D eigenvalue weighted by atomic mass is 10.1. The third-order valence-electron chi connectivity index (χ3n) is 7.04. The summed E-state index contributed by atoms with van der Waals surface area (Å²) in [6.07, 6.45) is 4.32. The molecule has 4 aromatic rings. The van der Waals surface area contributed by atoms with Crippen LogP contribution in [0.25, 0.3) is 11.3 Å². The third-order valence-corrected chi connectivity index (χ3v) is 7.95. The quantitative estimate of drug-likeness (QED) is 0.294. The molecule has 0 unspecified atom stereocenters. The predicted octanol–water partition coefficient (Wildman–Crippen LogP) is 4.48. The van der Waals surface area contributed by atoms with Crippen molar-refractivity contribution >= 4 is 45.6 Å². The molecule has 0 radical (unpaired) electrons. The van der Waals surface area contributed by atoms with Crippen LogP contribution in [0.4, 0.5) is 31.2 Å². The summed E-state index contributed by atoms with van der Waals surface area (Å²) >= 11 is 0.977. The van der Waals surface area contributed by atoms with Crippen molar-refractivity contribution in [3.8, 4) is 22.8 Å². The van der Waals surface area contributed by atoms with E-state index in [0.717, 1.165) is 23.5 Å². The van der Waals surface area contributed by atoms with Gasteiger partial charge in [0.2, 0.25) is 5.91 Å². The molecule has 1 atom stereocenters. The SMILES string of the molecule is C=CC(=O)N1CCN2c3ncc(-c4ccc(OC)c(Nc5ncc(C(=O)Nc6c(F)cccc6F)s5)n4)cc3OC[C@@H]2C1. The van der Waals surface area contributed by atoms with Crippen molar-refractivity contribution in [2.45, 2.75) is 6.04 Å². The number of fused-ring (bicyclic) bond motifs is 3. The Morgan fingerprint density at radius 3 is 2.74 bits per heavy atom. The van der Waals surface area contributed by atoms with Gasteiger partial charge in [-0.25, -0.2) is 23.7 Å². The van der Waals surface area contributed by atoms with Crippen LogP contribution in [0.3, 0.4) is 0 Å². The van der Waals surface area contributed by atoms with Gasteiger partial charge >= 0.3 is 0 Å². The van der Waals surface area contributed by atoms with Crippen molar-refractivity contribution in [3.63, 3.8) is 0 Å². The maximum absolute atomic E-state index is 14.0. The lowest BCUT2D eigenvalue weighted by Crippen LogP contribution is -2.58. The van der Waals surface area contributed by atoms with Gasteiger partial charge in [-0.3, -0.25) is 9.59 Å².